The highest BCUT2D eigenvalue weighted by Gasteiger charge is 1.92. The normalized spacial score (nSPS) is 11.4. The number of hydrogen-bond acceptors (Lipinski definition) is 1. The van der Waals surface area contributed by atoms with E-state index in [-0.39, 0.29) is 9.76 Å². The lowest BCUT2D eigenvalue weighted by atomic mass is 10.1. The summed E-state index contributed by atoms with van der Waals surface area (Å²) in [5, 5.41) is 0. The first-order valence-electron chi connectivity index (χ1n) is 4.96. The predicted octanol–water partition coefficient (Wildman–Crippen LogP) is 0.808. The van der Waals surface area contributed by atoms with Crippen LogP contribution in [0, 0.1) is 0 Å². The molecule has 1 aromatic rings. The van der Waals surface area contributed by atoms with Crippen LogP contribution in [0.4, 0.5) is 0 Å². The van der Waals surface area contributed by atoms with E-state index in [2.05, 4.69) is 30.3 Å². The first-order chi connectivity index (χ1) is 6.43. The van der Waals surface area contributed by atoms with E-state index in [9.17, 15) is 0 Å². The summed E-state index contributed by atoms with van der Waals surface area (Å²) < 4.78 is 5.27. The maximum Gasteiger partial charge on any atom is 0.145 e. The molecule has 0 unspecified atom stereocenters. The van der Waals surface area contributed by atoms with Crippen molar-refractivity contribution in [2.24, 2.45) is 0 Å². The van der Waals surface area contributed by atoms with Crippen molar-refractivity contribution in [2.75, 3.05) is 0 Å². The van der Waals surface area contributed by atoms with Crippen LogP contribution in [0.2, 0.25) is 6.04 Å². The van der Waals surface area contributed by atoms with Crippen LogP contribution in [0.1, 0.15) is 18.4 Å². The second-order valence-electron chi connectivity index (χ2n) is 3.29. The summed E-state index contributed by atoms with van der Waals surface area (Å²) in [6.07, 6.45) is 3.90. The molecule has 0 saturated heterocycles. The van der Waals surface area contributed by atoms with Crippen molar-refractivity contribution in [3.63, 3.8) is 0 Å². The van der Waals surface area contributed by atoms with Crippen LogP contribution in [-0.4, -0.2) is 20.2 Å². The Kier molecular flexibility index (Phi) is 5.81. The monoisotopic (exact) mass is 210 g/mol. The number of benzene rings is 1. The Morgan fingerprint density at radius 2 is 1.92 bits per heavy atom. The van der Waals surface area contributed by atoms with Crippen molar-refractivity contribution in [3.05, 3.63) is 35.9 Å². The summed E-state index contributed by atoms with van der Waals surface area (Å²) in [6.45, 7) is 0. The summed E-state index contributed by atoms with van der Waals surface area (Å²) in [7, 11) is 0.828. The summed E-state index contributed by atoms with van der Waals surface area (Å²) >= 11 is 0. The molecule has 0 fully saturated rings. The Morgan fingerprint density at radius 3 is 2.62 bits per heavy atom. The highest BCUT2D eigenvalue weighted by molar-refractivity contribution is 6.34. The molecule has 0 atom stereocenters. The third-order valence-corrected chi connectivity index (χ3v) is 4.58. The molecule has 1 aromatic carbocycles. The van der Waals surface area contributed by atoms with E-state index in [0.29, 0.717) is 0 Å². The Balaban J connectivity index is 2.07. The van der Waals surface area contributed by atoms with Crippen LogP contribution < -0.4 is 0 Å². The second kappa shape index (κ2) is 7.06. The van der Waals surface area contributed by atoms with Crippen molar-refractivity contribution in [1.29, 1.82) is 0 Å². The molecule has 0 aliphatic carbocycles. The predicted molar refractivity (Wildman–Crippen MR) is 63.8 cm³/mol. The lowest BCUT2D eigenvalue weighted by Crippen LogP contribution is -1.94. The van der Waals surface area contributed by atoms with Gasteiger partial charge in [-0.25, -0.2) is 0 Å². The van der Waals surface area contributed by atoms with Crippen LogP contribution in [0.5, 0.6) is 0 Å². The van der Waals surface area contributed by atoms with Gasteiger partial charge in [0, 0.05) is 0 Å². The van der Waals surface area contributed by atoms with Gasteiger partial charge in [-0.1, -0.05) is 36.8 Å². The van der Waals surface area contributed by atoms with Gasteiger partial charge < -0.3 is 4.12 Å². The number of aryl methyl sites for hydroxylation is 1. The molecular formula is C10H18OSi2. The molecule has 0 radical (unpaired) electrons. The van der Waals surface area contributed by atoms with E-state index in [4.69, 9.17) is 4.12 Å². The van der Waals surface area contributed by atoms with Gasteiger partial charge in [0.05, 0.1) is 0 Å². The molecular weight excluding hydrogens is 192 g/mol. The van der Waals surface area contributed by atoms with Crippen molar-refractivity contribution < 1.29 is 4.12 Å². The van der Waals surface area contributed by atoms with Crippen molar-refractivity contribution >= 4 is 20.2 Å². The van der Waals surface area contributed by atoms with Crippen molar-refractivity contribution in [2.45, 2.75) is 25.3 Å². The molecule has 0 N–H and O–H groups in total. The Hall–Kier alpha value is -0.386. The zero-order valence-electron chi connectivity index (χ0n) is 8.33. The molecule has 0 aliphatic heterocycles. The van der Waals surface area contributed by atoms with Crippen LogP contribution in [0.25, 0.3) is 0 Å². The largest absolute Gasteiger partial charge is 0.468 e. The maximum absolute atomic E-state index is 5.27. The molecule has 1 rings (SSSR count). The topological polar surface area (TPSA) is 9.23 Å². The van der Waals surface area contributed by atoms with Crippen LogP contribution >= 0.6 is 0 Å². The summed E-state index contributed by atoms with van der Waals surface area (Å²) in [5.74, 6) is 0. The van der Waals surface area contributed by atoms with E-state index in [1.54, 1.807) is 0 Å². The molecule has 13 heavy (non-hydrogen) atoms. The smallest absolute Gasteiger partial charge is 0.145 e. The minimum atomic E-state index is -0.117. The van der Waals surface area contributed by atoms with Gasteiger partial charge in [0.25, 0.3) is 0 Å². The van der Waals surface area contributed by atoms with Crippen LogP contribution in [-0.2, 0) is 10.5 Å². The molecule has 0 heterocycles. The van der Waals surface area contributed by atoms with Gasteiger partial charge >= 0.3 is 0 Å². The SMILES string of the molecule is [SiH3]O[SiH2]CCCCc1ccccc1. The molecule has 0 bridgehead atoms. The standard InChI is InChI=1S/C10H18OSi2/c12-11-13-9-5-4-8-10-6-2-1-3-7-10/h1-3,6-7H,4-5,8-9,13H2,12H3. The van der Waals surface area contributed by atoms with E-state index in [0.717, 1.165) is 10.5 Å². The van der Waals surface area contributed by atoms with Gasteiger partial charge in [0.15, 0.2) is 0 Å². The molecule has 72 valence electrons. The van der Waals surface area contributed by atoms with Crippen molar-refractivity contribution in [1.82, 2.24) is 0 Å². The minimum Gasteiger partial charge on any atom is -0.468 e. The summed E-state index contributed by atoms with van der Waals surface area (Å²) in [5.41, 5.74) is 1.47. The fourth-order valence-corrected chi connectivity index (χ4v) is 3.11. The van der Waals surface area contributed by atoms with Gasteiger partial charge in [-0.05, 0) is 24.4 Å². The van der Waals surface area contributed by atoms with Gasteiger partial charge in [0.2, 0.25) is 0 Å². The highest BCUT2D eigenvalue weighted by Crippen LogP contribution is 2.05. The molecule has 0 amide bonds. The van der Waals surface area contributed by atoms with Crippen LogP contribution in [0.3, 0.4) is 0 Å². The zero-order chi connectivity index (χ0) is 9.36. The third kappa shape index (κ3) is 5.03. The molecule has 1 nitrogen and oxygen atoms in total. The molecule has 0 aromatic heterocycles. The molecule has 0 aliphatic rings. The van der Waals surface area contributed by atoms with E-state index < -0.39 is 0 Å². The summed E-state index contributed by atoms with van der Waals surface area (Å²) in [4.78, 5) is 0. The highest BCUT2D eigenvalue weighted by atomic mass is 28.3. The molecule has 0 spiro atoms. The average molecular weight is 210 g/mol. The Labute approximate surface area is 86.0 Å². The quantitative estimate of drug-likeness (QED) is 0.499. The first-order valence-corrected chi connectivity index (χ1v) is 7.36. The van der Waals surface area contributed by atoms with Crippen molar-refractivity contribution in [3.8, 4) is 0 Å². The lowest BCUT2D eigenvalue weighted by molar-refractivity contribution is 0.648. The number of rotatable bonds is 6. The molecule has 0 saturated carbocycles. The minimum absolute atomic E-state index is 0.117. The average Bonchev–Trinajstić information content (AvgIpc) is 2.19. The van der Waals surface area contributed by atoms with E-state index in [1.165, 1.54) is 30.9 Å². The number of hydrogen-bond donors (Lipinski definition) is 0. The summed E-state index contributed by atoms with van der Waals surface area (Å²) in [6, 6.07) is 12.1. The second-order valence-corrected chi connectivity index (χ2v) is 6.71. The first kappa shape index (κ1) is 10.7. The lowest BCUT2D eigenvalue weighted by Gasteiger charge is -2.00. The fraction of sp³-hybridized carbons (Fsp3) is 0.400. The third-order valence-electron chi connectivity index (χ3n) is 2.16. The van der Waals surface area contributed by atoms with Gasteiger partial charge in [-0.15, -0.1) is 0 Å². The van der Waals surface area contributed by atoms with Gasteiger partial charge in [-0.2, -0.15) is 0 Å². The van der Waals surface area contributed by atoms with E-state index in [1.807, 2.05) is 0 Å². The fourth-order valence-electron chi connectivity index (χ4n) is 1.40. The Bertz CT molecular complexity index is 213. The van der Waals surface area contributed by atoms with Crippen LogP contribution in [0.15, 0.2) is 30.3 Å². The maximum atomic E-state index is 5.27. The number of unbranched alkanes of at least 4 members (excludes halogenated alkanes) is 1. The van der Waals surface area contributed by atoms with E-state index >= 15 is 0 Å². The van der Waals surface area contributed by atoms with Gasteiger partial charge in [-0.3, -0.25) is 0 Å². The van der Waals surface area contributed by atoms with Gasteiger partial charge in [0.1, 0.15) is 20.2 Å². The molecule has 3 heteroatoms. The zero-order valence-corrected chi connectivity index (χ0v) is 11.7. The Morgan fingerprint density at radius 1 is 1.15 bits per heavy atom.